The van der Waals surface area contributed by atoms with E-state index in [9.17, 15) is 9.59 Å². The molecule has 0 saturated carbocycles. The first-order valence-corrected chi connectivity index (χ1v) is 8.84. The van der Waals surface area contributed by atoms with Crippen molar-refractivity contribution in [1.82, 2.24) is 0 Å². The third-order valence-corrected chi connectivity index (χ3v) is 5.17. The summed E-state index contributed by atoms with van der Waals surface area (Å²) in [6, 6.07) is 1.93. The van der Waals surface area contributed by atoms with Crippen LogP contribution in [-0.4, -0.2) is 18.7 Å². The van der Waals surface area contributed by atoms with Crippen LogP contribution in [0.2, 0.25) is 0 Å². The summed E-state index contributed by atoms with van der Waals surface area (Å²) in [6.07, 6.45) is -0.696. The predicted octanol–water partition coefficient (Wildman–Crippen LogP) is 4.13. The first kappa shape index (κ1) is 18.2. The van der Waals surface area contributed by atoms with Crippen molar-refractivity contribution in [3.63, 3.8) is 0 Å². The van der Waals surface area contributed by atoms with Crippen LogP contribution >= 0.6 is 67.8 Å². The van der Waals surface area contributed by atoms with Crippen molar-refractivity contribution in [2.45, 2.75) is 20.5 Å². The van der Waals surface area contributed by atoms with Crippen LogP contribution in [0.15, 0.2) is 6.07 Å². The quantitative estimate of drug-likeness (QED) is 0.409. The molecule has 8 heteroatoms. The Kier molecular flexibility index (Phi) is 7.79. The van der Waals surface area contributed by atoms with E-state index in [1.807, 2.05) is 6.07 Å². The fourth-order valence-electron chi connectivity index (χ4n) is 1.34. The number of anilines is 1. The van der Waals surface area contributed by atoms with Gasteiger partial charge in [-0.3, -0.25) is 4.79 Å². The highest BCUT2D eigenvalue weighted by Crippen LogP contribution is 2.32. The molecule has 0 spiro atoms. The molecule has 0 bridgehead atoms. The number of benzene rings is 1. The Morgan fingerprint density at radius 3 is 2.40 bits per heavy atom. The molecule has 0 heterocycles. The van der Waals surface area contributed by atoms with Crippen molar-refractivity contribution < 1.29 is 19.1 Å². The van der Waals surface area contributed by atoms with E-state index in [4.69, 9.17) is 9.47 Å². The number of halogens is 3. The van der Waals surface area contributed by atoms with Crippen molar-refractivity contribution in [3.8, 4) is 0 Å². The van der Waals surface area contributed by atoms with Gasteiger partial charge in [0.1, 0.15) is 6.61 Å². The summed E-state index contributed by atoms with van der Waals surface area (Å²) in [7, 11) is 0. The van der Waals surface area contributed by atoms with E-state index in [1.165, 1.54) is 6.92 Å². The van der Waals surface area contributed by atoms with Crippen molar-refractivity contribution in [2.75, 3.05) is 11.9 Å². The van der Waals surface area contributed by atoms with Gasteiger partial charge >= 0.3 is 6.16 Å². The minimum absolute atomic E-state index is 0.110. The van der Waals surface area contributed by atoms with E-state index < -0.39 is 6.16 Å². The molecular weight excluding hydrogens is 603 g/mol. The second kappa shape index (κ2) is 8.56. The van der Waals surface area contributed by atoms with E-state index in [2.05, 4.69) is 73.1 Å². The van der Waals surface area contributed by atoms with Crippen LogP contribution in [0.3, 0.4) is 0 Å². The second-order valence-electron chi connectivity index (χ2n) is 3.66. The summed E-state index contributed by atoms with van der Waals surface area (Å²) in [5.41, 5.74) is 1.59. The monoisotopic (exact) mass is 615 g/mol. The molecule has 0 aromatic heterocycles. The first-order valence-electron chi connectivity index (χ1n) is 5.60. The van der Waals surface area contributed by atoms with Gasteiger partial charge in [0.05, 0.1) is 12.3 Å². The smallest absolute Gasteiger partial charge is 0.435 e. The molecule has 0 aliphatic rings. The number of carbonyl (C=O) groups is 2. The Labute approximate surface area is 158 Å². The molecule has 0 atom stereocenters. The standard InChI is InChI=1S/C12H12I3NO4/c1-3-19-12(18)20-5-7-8(13)4-9(14)11(10(7)15)16-6(2)17/h4H,3,5H2,1-2H3,(H,16,17). The van der Waals surface area contributed by atoms with Gasteiger partial charge in [0.15, 0.2) is 0 Å². The number of hydrogen-bond donors (Lipinski definition) is 1. The highest BCUT2D eigenvalue weighted by Gasteiger charge is 2.16. The maximum atomic E-state index is 11.2. The van der Waals surface area contributed by atoms with E-state index in [0.29, 0.717) is 0 Å². The Balaban J connectivity index is 3.01. The molecule has 1 rings (SSSR count). The van der Waals surface area contributed by atoms with Gasteiger partial charge in [-0.2, -0.15) is 0 Å². The third kappa shape index (κ3) is 5.16. The molecule has 0 unspecified atom stereocenters. The maximum Gasteiger partial charge on any atom is 0.508 e. The Bertz CT molecular complexity index is 534. The summed E-state index contributed by atoms with van der Waals surface area (Å²) in [6.45, 7) is 3.56. The van der Waals surface area contributed by atoms with Gasteiger partial charge in [0.2, 0.25) is 5.91 Å². The topological polar surface area (TPSA) is 64.6 Å². The van der Waals surface area contributed by atoms with Gasteiger partial charge in [-0.05, 0) is 80.8 Å². The van der Waals surface area contributed by atoms with E-state index in [0.717, 1.165) is 22.0 Å². The van der Waals surface area contributed by atoms with Gasteiger partial charge in [-0.25, -0.2) is 4.79 Å². The Morgan fingerprint density at radius 2 is 1.85 bits per heavy atom. The Hall–Kier alpha value is 0.150. The molecule has 1 N–H and O–H groups in total. The summed E-state index contributed by atoms with van der Waals surface area (Å²) in [5.74, 6) is -0.140. The lowest BCUT2D eigenvalue weighted by Gasteiger charge is -2.14. The van der Waals surface area contributed by atoms with E-state index in [-0.39, 0.29) is 19.1 Å². The lowest BCUT2D eigenvalue weighted by Crippen LogP contribution is -2.13. The fourth-order valence-corrected chi connectivity index (χ4v) is 5.30. The minimum Gasteiger partial charge on any atom is -0.435 e. The van der Waals surface area contributed by atoms with Crippen molar-refractivity contribution in [2.24, 2.45) is 0 Å². The van der Waals surface area contributed by atoms with Crippen LogP contribution in [0.4, 0.5) is 10.5 Å². The molecular formula is C12H12I3NO4. The van der Waals surface area contributed by atoms with Crippen LogP contribution in [0.5, 0.6) is 0 Å². The lowest BCUT2D eigenvalue weighted by molar-refractivity contribution is -0.114. The molecule has 5 nitrogen and oxygen atoms in total. The summed E-state index contributed by atoms with van der Waals surface area (Å²) < 4.78 is 12.5. The minimum atomic E-state index is -0.696. The molecule has 1 aromatic carbocycles. The molecule has 110 valence electrons. The summed E-state index contributed by atoms with van der Waals surface area (Å²) in [4.78, 5) is 22.5. The molecule has 1 amide bonds. The number of amides is 1. The van der Waals surface area contributed by atoms with Crippen molar-refractivity contribution >= 4 is 85.5 Å². The average Bonchev–Trinajstić information content (AvgIpc) is 2.34. The van der Waals surface area contributed by atoms with Crippen LogP contribution in [0, 0.1) is 10.7 Å². The molecule has 0 saturated heterocycles. The highest BCUT2D eigenvalue weighted by atomic mass is 127. The predicted molar refractivity (Wildman–Crippen MR) is 101 cm³/mol. The highest BCUT2D eigenvalue weighted by molar-refractivity contribution is 14.1. The molecule has 0 radical (unpaired) electrons. The van der Waals surface area contributed by atoms with Crippen LogP contribution in [0.25, 0.3) is 0 Å². The van der Waals surface area contributed by atoms with Crippen LogP contribution < -0.4 is 5.32 Å². The van der Waals surface area contributed by atoms with E-state index in [1.54, 1.807) is 6.92 Å². The number of nitrogens with one attached hydrogen (secondary N) is 1. The maximum absolute atomic E-state index is 11.2. The molecule has 0 fully saturated rings. The van der Waals surface area contributed by atoms with Gasteiger partial charge in [0, 0.05) is 23.2 Å². The Morgan fingerprint density at radius 1 is 1.20 bits per heavy atom. The number of rotatable bonds is 4. The number of ether oxygens (including phenoxy) is 2. The fraction of sp³-hybridized carbons (Fsp3) is 0.333. The average molecular weight is 615 g/mol. The largest absolute Gasteiger partial charge is 0.508 e. The molecule has 0 aliphatic carbocycles. The SMILES string of the molecule is CCOC(=O)OCc1c(I)cc(I)c(NC(C)=O)c1I. The molecule has 0 aliphatic heterocycles. The van der Waals surface area contributed by atoms with Gasteiger partial charge in [-0.15, -0.1) is 0 Å². The zero-order valence-corrected chi connectivity index (χ0v) is 17.2. The number of carbonyl (C=O) groups excluding carboxylic acids is 2. The van der Waals surface area contributed by atoms with E-state index >= 15 is 0 Å². The normalized spacial score (nSPS) is 10.1. The van der Waals surface area contributed by atoms with Crippen molar-refractivity contribution in [3.05, 3.63) is 22.3 Å². The summed E-state index contributed by atoms with van der Waals surface area (Å²) >= 11 is 6.47. The van der Waals surface area contributed by atoms with Crippen molar-refractivity contribution in [1.29, 1.82) is 0 Å². The third-order valence-electron chi connectivity index (χ3n) is 2.16. The first-order chi connectivity index (χ1) is 9.36. The number of hydrogen-bond acceptors (Lipinski definition) is 4. The van der Waals surface area contributed by atoms with Gasteiger partial charge in [-0.1, -0.05) is 0 Å². The zero-order valence-electron chi connectivity index (χ0n) is 10.8. The second-order valence-corrected chi connectivity index (χ2v) is 7.06. The van der Waals surface area contributed by atoms with Crippen LogP contribution in [0.1, 0.15) is 19.4 Å². The molecule has 20 heavy (non-hydrogen) atoms. The van der Waals surface area contributed by atoms with Gasteiger partial charge < -0.3 is 14.8 Å². The van der Waals surface area contributed by atoms with Gasteiger partial charge in [0.25, 0.3) is 0 Å². The zero-order chi connectivity index (χ0) is 15.3. The summed E-state index contributed by atoms with van der Waals surface area (Å²) in [5, 5.41) is 2.79. The lowest BCUT2D eigenvalue weighted by atomic mass is 10.2. The molecule has 1 aromatic rings. The van der Waals surface area contributed by atoms with Crippen LogP contribution in [-0.2, 0) is 20.9 Å².